The molecule has 0 aromatic carbocycles. The lowest BCUT2D eigenvalue weighted by Gasteiger charge is -2.35. The molecule has 1 aliphatic heterocycles. The van der Waals surface area contributed by atoms with Gasteiger partial charge in [0.15, 0.2) is 0 Å². The maximum atomic E-state index is 13.1. The Balaban J connectivity index is 2.04. The maximum absolute atomic E-state index is 13.1. The molecular weight excluding hydrogens is 290 g/mol. The molecule has 21 heavy (non-hydrogen) atoms. The van der Waals surface area contributed by atoms with Gasteiger partial charge in [0, 0.05) is 32.0 Å². The van der Waals surface area contributed by atoms with Gasteiger partial charge in [0.1, 0.15) is 10.7 Å². The fourth-order valence-corrected chi connectivity index (χ4v) is 5.87. The second-order valence-corrected chi connectivity index (χ2v) is 7.89. The summed E-state index contributed by atoms with van der Waals surface area (Å²) in [7, 11) is -1.83. The molecule has 1 saturated carbocycles. The number of aryl methyl sites for hydroxylation is 2. The second-order valence-electron chi connectivity index (χ2n) is 6.06. The number of ketones is 1. The van der Waals surface area contributed by atoms with Gasteiger partial charge in [-0.15, -0.1) is 0 Å². The average molecular weight is 311 g/mol. The van der Waals surface area contributed by atoms with E-state index in [2.05, 4.69) is 5.10 Å². The summed E-state index contributed by atoms with van der Waals surface area (Å²) in [6.07, 6.45) is 2.87. The molecule has 3 rings (SSSR count). The van der Waals surface area contributed by atoms with Gasteiger partial charge in [-0.1, -0.05) is 6.42 Å². The van der Waals surface area contributed by atoms with E-state index in [0.717, 1.165) is 19.3 Å². The molecule has 6 nitrogen and oxygen atoms in total. The fraction of sp³-hybridized carbons (Fsp3) is 0.714. The molecule has 7 heteroatoms. The smallest absolute Gasteiger partial charge is 0.247 e. The van der Waals surface area contributed by atoms with Gasteiger partial charge in [-0.3, -0.25) is 9.48 Å². The van der Waals surface area contributed by atoms with E-state index in [4.69, 9.17) is 0 Å². The van der Waals surface area contributed by atoms with Crippen LogP contribution in [0.25, 0.3) is 0 Å². The highest BCUT2D eigenvalue weighted by molar-refractivity contribution is 7.89. The molecule has 0 radical (unpaired) electrons. The van der Waals surface area contributed by atoms with Gasteiger partial charge in [-0.25, -0.2) is 8.42 Å². The summed E-state index contributed by atoms with van der Waals surface area (Å²) in [6, 6.07) is -0.157. The van der Waals surface area contributed by atoms with Crippen LogP contribution in [-0.2, 0) is 21.9 Å². The van der Waals surface area contributed by atoms with Gasteiger partial charge in [-0.05, 0) is 26.7 Å². The molecule has 1 saturated heterocycles. The highest BCUT2D eigenvalue weighted by Crippen LogP contribution is 2.38. The maximum Gasteiger partial charge on any atom is 0.247 e. The van der Waals surface area contributed by atoms with Crippen molar-refractivity contribution in [2.24, 2.45) is 13.0 Å². The first-order valence-electron chi connectivity index (χ1n) is 7.39. The van der Waals surface area contributed by atoms with Crippen LogP contribution in [0.2, 0.25) is 0 Å². The monoisotopic (exact) mass is 311 g/mol. The van der Waals surface area contributed by atoms with Crippen LogP contribution in [0.15, 0.2) is 4.90 Å². The SMILES string of the molecule is Cc1nn(C)c(C)c1S(=O)(=O)N1CCC(=O)[C@H]2CCC[C@H]21. The van der Waals surface area contributed by atoms with Crippen LogP contribution in [-0.4, -0.2) is 40.9 Å². The van der Waals surface area contributed by atoms with E-state index in [9.17, 15) is 13.2 Å². The van der Waals surface area contributed by atoms with E-state index in [1.165, 1.54) is 0 Å². The van der Waals surface area contributed by atoms with E-state index in [1.54, 1.807) is 29.9 Å². The Hall–Kier alpha value is -1.21. The molecule has 2 heterocycles. The van der Waals surface area contributed by atoms with E-state index in [-0.39, 0.29) is 17.7 Å². The number of rotatable bonds is 2. The van der Waals surface area contributed by atoms with Crippen molar-refractivity contribution in [2.45, 2.75) is 50.5 Å². The number of hydrogen-bond acceptors (Lipinski definition) is 4. The number of nitrogens with zero attached hydrogens (tertiary/aromatic N) is 3. The Bertz CT molecular complexity index is 693. The van der Waals surface area contributed by atoms with Gasteiger partial charge in [0.05, 0.1) is 11.4 Å². The fourth-order valence-electron chi connectivity index (χ4n) is 3.78. The topological polar surface area (TPSA) is 72.3 Å². The van der Waals surface area contributed by atoms with Crippen LogP contribution in [0, 0.1) is 19.8 Å². The van der Waals surface area contributed by atoms with Gasteiger partial charge in [0.2, 0.25) is 10.0 Å². The number of Topliss-reactive ketones (excluding diaryl/α,β-unsaturated/α-hetero) is 1. The third-order valence-electron chi connectivity index (χ3n) is 4.85. The van der Waals surface area contributed by atoms with Crippen LogP contribution in [0.1, 0.15) is 37.1 Å². The van der Waals surface area contributed by atoms with E-state index in [0.29, 0.717) is 29.2 Å². The molecule has 0 bridgehead atoms. The first kappa shape index (κ1) is 14.7. The summed E-state index contributed by atoms with van der Waals surface area (Å²) in [4.78, 5) is 12.3. The number of aromatic nitrogens is 2. The summed E-state index contributed by atoms with van der Waals surface area (Å²) >= 11 is 0. The summed E-state index contributed by atoms with van der Waals surface area (Å²) in [6.45, 7) is 3.80. The molecule has 2 aliphatic rings. The molecule has 0 spiro atoms. The van der Waals surface area contributed by atoms with Crippen molar-refractivity contribution >= 4 is 15.8 Å². The van der Waals surface area contributed by atoms with Gasteiger partial charge >= 0.3 is 0 Å². The van der Waals surface area contributed by atoms with Crippen LogP contribution in [0.4, 0.5) is 0 Å². The van der Waals surface area contributed by atoms with Crippen molar-refractivity contribution in [1.29, 1.82) is 0 Å². The Kier molecular flexibility index (Phi) is 3.44. The first-order valence-corrected chi connectivity index (χ1v) is 8.83. The van der Waals surface area contributed by atoms with Crippen LogP contribution >= 0.6 is 0 Å². The number of hydrogen-bond donors (Lipinski definition) is 0. The minimum absolute atomic E-state index is 0.106. The number of fused-ring (bicyclic) bond motifs is 1. The lowest BCUT2D eigenvalue weighted by Crippen LogP contribution is -2.49. The summed E-state index contributed by atoms with van der Waals surface area (Å²) in [5.74, 6) is 0.120. The normalized spacial score (nSPS) is 27.1. The Morgan fingerprint density at radius 1 is 1.24 bits per heavy atom. The number of carbonyl (C=O) groups excluding carboxylic acids is 1. The minimum atomic E-state index is -3.58. The molecule has 0 unspecified atom stereocenters. The standard InChI is InChI=1S/C14H21N3O3S/c1-9-14(10(2)16(3)15-9)21(19,20)17-8-7-13(18)11-5-4-6-12(11)17/h11-12H,4-8H2,1-3H3/t11-,12+/m0/s1. The van der Waals surface area contributed by atoms with Crippen molar-refractivity contribution < 1.29 is 13.2 Å². The lowest BCUT2D eigenvalue weighted by atomic mass is 9.92. The molecular formula is C14H21N3O3S. The number of sulfonamides is 1. The van der Waals surface area contributed by atoms with Crippen molar-refractivity contribution in [3.8, 4) is 0 Å². The van der Waals surface area contributed by atoms with Crippen LogP contribution < -0.4 is 0 Å². The predicted molar refractivity (Wildman–Crippen MR) is 77.3 cm³/mol. The Labute approximate surface area is 125 Å². The average Bonchev–Trinajstić information content (AvgIpc) is 2.96. The quantitative estimate of drug-likeness (QED) is 0.822. The number of carbonyl (C=O) groups is 1. The van der Waals surface area contributed by atoms with Crippen LogP contribution in [0.5, 0.6) is 0 Å². The second kappa shape index (κ2) is 4.91. The molecule has 1 aliphatic carbocycles. The zero-order valence-corrected chi connectivity index (χ0v) is 13.5. The molecule has 2 atom stereocenters. The lowest BCUT2D eigenvalue weighted by molar-refractivity contribution is -0.126. The number of piperidine rings is 1. The summed E-state index contributed by atoms with van der Waals surface area (Å²) < 4.78 is 29.3. The van der Waals surface area contributed by atoms with E-state index >= 15 is 0 Å². The van der Waals surface area contributed by atoms with Gasteiger partial charge in [0.25, 0.3) is 0 Å². The third kappa shape index (κ3) is 2.14. The summed E-state index contributed by atoms with van der Waals surface area (Å²) in [5, 5.41) is 4.22. The zero-order valence-electron chi connectivity index (χ0n) is 12.7. The zero-order chi connectivity index (χ0) is 15.4. The Morgan fingerprint density at radius 3 is 2.57 bits per heavy atom. The largest absolute Gasteiger partial charge is 0.299 e. The van der Waals surface area contributed by atoms with Crippen molar-refractivity contribution in [3.05, 3.63) is 11.4 Å². The molecule has 2 fully saturated rings. The summed E-state index contributed by atoms with van der Waals surface area (Å²) in [5.41, 5.74) is 1.18. The molecule has 1 aromatic heterocycles. The highest BCUT2D eigenvalue weighted by Gasteiger charge is 2.46. The van der Waals surface area contributed by atoms with Crippen molar-refractivity contribution in [3.63, 3.8) is 0 Å². The Morgan fingerprint density at radius 2 is 1.95 bits per heavy atom. The van der Waals surface area contributed by atoms with E-state index in [1.807, 2.05) is 0 Å². The van der Waals surface area contributed by atoms with E-state index < -0.39 is 10.0 Å². The third-order valence-corrected chi connectivity index (χ3v) is 7.03. The van der Waals surface area contributed by atoms with Gasteiger partial charge < -0.3 is 0 Å². The first-order chi connectivity index (χ1) is 9.84. The highest BCUT2D eigenvalue weighted by atomic mass is 32.2. The molecule has 1 aromatic rings. The van der Waals surface area contributed by atoms with Crippen molar-refractivity contribution in [1.82, 2.24) is 14.1 Å². The van der Waals surface area contributed by atoms with Crippen LogP contribution in [0.3, 0.4) is 0 Å². The molecule has 116 valence electrons. The molecule has 0 N–H and O–H groups in total. The van der Waals surface area contributed by atoms with Crippen molar-refractivity contribution in [2.75, 3.05) is 6.54 Å². The predicted octanol–water partition coefficient (Wildman–Crippen LogP) is 1.17. The molecule has 0 amide bonds. The van der Waals surface area contributed by atoms with Gasteiger partial charge in [-0.2, -0.15) is 9.40 Å². The minimum Gasteiger partial charge on any atom is -0.299 e.